The number of nitrogens with two attached hydrogens (primary N) is 1. The number of hydrogen-bond acceptors (Lipinski definition) is 5. The van der Waals surface area contributed by atoms with E-state index < -0.39 is 16.7 Å². The van der Waals surface area contributed by atoms with Gasteiger partial charge in [0.05, 0.1) is 0 Å². The van der Waals surface area contributed by atoms with Crippen LogP contribution in [-0.4, -0.2) is 21.3 Å². The van der Waals surface area contributed by atoms with Crippen LogP contribution in [0.2, 0.25) is 0 Å². The standard InChI is InChI=1S/C3H7NO4S/c4-2-1-3-7-9(5,6)8-3/h3H,1-2,4H2. The Morgan fingerprint density at radius 2 is 2.00 bits per heavy atom. The number of rotatable bonds is 2. The highest BCUT2D eigenvalue weighted by Gasteiger charge is 2.34. The summed E-state index contributed by atoms with van der Waals surface area (Å²) in [6.45, 7) is 0.361. The van der Waals surface area contributed by atoms with Crippen LogP contribution in [0, 0.1) is 0 Å². The molecular weight excluding hydrogens is 146 g/mol. The summed E-state index contributed by atoms with van der Waals surface area (Å²) in [5, 5.41) is 0. The van der Waals surface area contributed by atoms with Gasteiger partial charge in [-0.05, 0) is 6.54 Å². The van der Waals surface area contributed by atoms with Crippen LogP contribution in [-0.2, 0) is 18.8 Å². The molecule has 0 aliphatic carbocycles. The molecule has 1 fully saturated rings. The van der Waals surface area contributed by atoms with Gasteiger partial charge in [0, 0.05) is 6.42 Å². The van der Waals surface area contributed by atoms with E-state index in [4.69, 9.17) is 5.73 Å². The summed E-state index contributed by atoms with van der Waals surface area (Å²) >= 11 is 0. The molecule has 0 radical (unpaired) electrons. The first-order chi connectivity index (χ1) is 4.14. The molecule has 0 amide bonds. The SMILES string of the molecule is NCCC1OS(=O)(=O)O1. The largest absolute Gasteiger partial charge is 0.404 e. The first-order valence-electron chi connectivity index (χ1n) is 2.45. The van der Waals surface area contributed by atoms with Gasteiger partial charge >= 0.3 is 10.4 Å². The topological polar surface area (TPSA) is 78.6 Å². The highest BCUT2D eigenvalue weighted by Crippen LogP contribution is 2.19. The quantitative estimate of drug-likeness (QED) is 0.547. The Morgan fingerprint density at radius 3 is 2.33 bits per heavy atom. The minimum Gasteiger partial charge on any atom is -0.330 e. The van der Waals surface area contributed by atoms with Crippen LogP contribution in [0.1, 0.15) is 6.42 Å². The van der Waals surface area contributed by atoms with Crippen molar-refractivity contribution in [1.29, 1.82) is 0 Å². The van der Waals surface area contributed by atoms with Crippen LogP contribution >= 0.6 is 0 Å². The summed E-state index contributed by atoms with van der Waals surface area (Å²) in [7, 11) is -3.61. The molecule has 1 rings (SSSR count). The molecule has 0 spiro atoms. The van der Waals surface area contributed by atoms with Gasteiger partial charge in [-0.1, -0.05) is 0 Å². The molecule has 0 aromatic heterocycles. The van der Waals surface area contributed by atoms with E-state index in [1.165, 1.54) is 0 Å². The van der Waals surface area contributed by atoms with Crippen molar-refractivity contribution in [3.63, 3.8) is 0 Å². The summed E-state index contributed by atoms with van der Waals surface area (Å²) in [6.07, 6.45) is -0.223. The van der Waals surface area contributed by atoms with E-state index in [1.807, 2.05) is 0 Å². The minimum absolute atomic E-state index is 0.361. The van der Waals surface area contributed by atoms with Crippen LogP contribution in [0.15, 0.2) is 0 Å². The molecule has 0 aromatic carbocycles. The van der Waals surface area contributed by atoms with Gasteiger partial charge in [-0.2, -0.15) is 8.42 Å². The highest BCUT2D eigenvalue weighted by molar-refractivity contribution is 7.82. The van der Waals surface area contributed by atoms with Crippen molar-refractivity contribution >= 4 is 10.4 Å². The van der Waals surface area contributed by atoms with Crippen molar-refractivity contribution in [2.45, 2.75) is 12.7 Å². The Balaban J connectivity index is 2.28. The van der Waals surface area contributed by atoms with Crippen molar-refractivity contribution in [1.82, 2.24) is 0 Å². The maximum Gasteiger partial charge on any atom is 0.404 e. The molecule has 0 atom stereocenters. The summed E-state index contributed by atoms with van der Waals surface area (Å²) < 4.78 is 28.6. The van der Waals surface area contributed by atoms with Crippen LogP contribution < -0.4 is 5.73 Å². The normalized spacial score (nSPS) is 25.4. The van der Waals surface area contributed by atoms with Crippen LogP contribution in [0.5, 0.6) is 0 Å². The molecule has 5 nitrogen and oxygen atoms in total. The van der Waals surface area contributed by atoms with Crippen molar-refractivity contribution in [3.05, 3.63) is 0 Å². The molecule has 2 N–H and O–H groups in total. The highest BCUT2D eigenvalue weighted by atomic mass is 32.3. The maximum absolute atomic E-state index is 10.1. The first kappa shape index (κ1) is 6.94. The second-order valence-corrected chi connectivity index (χ2v) is 2.81. The Kier molecular flexibility index (Phi) is 1.71. The molecule has 54 valence electrons. The van der Waals surface area contributed by atoms with Gasteiger partial charge in [0.15, 0.2) is 6.29 Å². The predicted octanol–water partition coefficient (Wildman–Crippen LogP) is -1.05. The second kappa shape index (κ2) is 2.22. The average molecular weight is 153 g/mol. The second-order valence-electron chi connectivity index (χ2n) is 1.61. The van der Waals surface area contributed by atoms with E-state index >= 15 is 0 Å². The number of hydrogen-bond donors (Lipinski definition) is 1. The first-order valence-corrected chi connectivity index (χ1v) is 3.79. The lowest BCUT2D eigenvalue weighted by atomic mass is 10.4. The Bertz CT molecular complexity index is 174. The van der Waals surface area contributed by atoms with Crippen LogP contribution in [0.4, 0.5) is 0 Å². The van der Waals surface area contributed by atoms with Gasteiger partial charge < -0.3 is 5.73 Å². The summed E-state index contributed by atoms with van der Waals surface area (Å²) in [6, 6.07) is 0. The zero-order chi connectivity index (χ0) is 6.91. The lowest BCUT2D eigenvalue weighted by Crippen LogP contribution is -2.37. The molecule has 0 unspecified atom stereocenters. The summed E-state index contributed by atoms with van der Waals surface area (Å²) in [5.41, 5.74) is 5.07. The zero-order valence-corrected chi connectivity index (χ0v) is 5.43. The molecule has 1 aliphatic rings. The van der Waals surface area contributed by atoms with Gasteiger partial charge in [0.2, 0.25) is 0 Å². The fourth-order valence-corrected chi connectivity index (χ4v) is 1.24. The molecule has 0 saturated carbocycles. The van der Waals surface area contributed by atoms with Gasteiger partial charge in [0.25, 0.3) is 0 Å². The average Bonchev–Trinajstić information content (AvgIpc) is 1.62. The predicted molar refractivity (Wildman–Crippen MR) is 28.5 cm³/mol. The molecule has 6 heteroatoms. The third-order valence-electron chi connectivity index (χ3n) is 0.853. The van der Waals surface area contributed by atoms with Gasteiger partial charge in [-0.3, -0.25) is 0 Å². The van der Waals surface area contributed by atoms with E-state index in [9.17, 15) is 8.42 Å². The molecule has 1 aliphatic heterocycles. The van der Waals surface area contributed by atoms with Crippen molar-refractivity contribution in [2.75, 3.05) is 6.54 Å². The lowest BCUT2D eigenvalue weighted by molar-refractivity contribution is -0.0813. The minimum atomic E-state index is -3.61. The van der Waals surface area contributed by atoms with Gasteiger partial charge in [-0.15, -0.1) is 0 Å². The van der Waals surface area contributed by atoms with Crippen LogP contribution in [0.25, 0.3) is 0 Å². The fourth-order valence-electron chi connectivity index (χ4n) is 0.502. The van der Waals surface area contributed by atoms with E-state index in [-0.39, 0.29) is 0 Å². The lowest BCUT2D eigenvalue weighted by Gasteiger charge is -2.23. The van der Waals surface area contributed by atoms with Crippen molar-refractivity contribution in [3.8, 4) is 0 Å². The van der Waals surface area contributed by atoms with E-state index in [0.717, 1.165) is 0 Å². The van der Waals surface area contributed by atoms with E-state index in [2.05, 4.69) is 8.37 Å². The molecular formula is C3H7NO4S. The Hall–Kier alpha value is -0.170. The molecule has 0 bridgehead atoms. The Labute approximate surface area is 53.1 Å². The van der Waals surface area contributed by atoms with Gasteiger partial charge in [-0.25, -0.2) is 8.37 Å². The third kappa shape index (κ3) is 1.62. The molecule has 9 heavy (non-hydrogen) atoms. The maximum atomic E-state index is 10.1. The van der Waals surface area contributed by atoms with Crippen molar-refractivity contribution in [2.24, 2.45) is 5.73 Å². The van der Waals surface area contributed by atoms with Crippen LogP contribution in [0.3, 0.4) is 0 Å². The molecule has 0 aromatic rings. The van der Waals surface area contributed by atoms with Crippen molar-refractivity contribution < 1.29 is 16.8 Å². The fraction of sp³-hybridized carbons (Fsp3) is 1.00. The zero-order valence-electron chi connectivity index (χ0n) is 4.61. The molecule has 1 heterocycles. The Morgan fingerprint density at radius 1 is 1.44 bits per heavy atom. The third-order valence-corrected chi connectivity index (χ3v) is 1.75. The summed E-state index contributed by atoms with van der Waals surface area (Å²) in [5.74, 6) is 0. The monoisotopic (exact) mass is 153 g/mol. The smallest absolute Gasteiger partial charge is 0.330 e. The summed E-state index contributed by atoms with van der Waals surface area (Å²) in [4.78, 5) is 0. The van der Waals surface area contributed by atoms with Gasteiger partial charge in [0.1, 0.15) is 0 Å². The van der Waals surface area contributed by atoms with E-state index in [1.54, 1.807) is 0 Å². The molecule has 1 saturated heterocycles. The van der Waals surface area contributed by atoms with E-state index in [0.29, 0.717) is 13.0 Å².